The molecule has 0 aliphatic heterocycles. The van der Waals surface area contributed by atoms with E-state index < -0.39 is 17.9 Å². The summed E-state index contributed by atoms with van der Waals surface area (Å²) in [5.41, 5.74) is 1.51. The Morgan fingerprint density at radius 2 is 1.67 bits per heavy atom. The summed E-state index contributed by atoms with van der Waals surface area (Å²) in [5.74, 6) is -1.64. The van der Waals surface area contributed by atoms with Crippen molar-refractivity contribution in [1.29, 1.82) is 0 Å². The molecule has 0 saturated carbocycles. The van der Waals surface area contributed by atoms with Crippen LogP contribution in [0.5, 0.6) is 0 Å². The molecule has 0 bridgehead atoms. The fourth-order valence-corrected chi connectivity index (χ4v) is 2.46. The molecule has 0 aliphatic carbocycles. The molecule has 1 atom stereocenters. The van der Waals surface area contributed by atoms with Crippen molar-refractivity contribution in [3.63, 3.8) is 0 Å². The first kappa shape index (κ1) is 20.0. The summed E-state index contributed by atoms with van der Waals surface area (Å²) in [6.45, 7) is 3.67. The number of anilines is 1. The fourth-order valence-electron chi connectivity index (χ4n) is 2.46. The number of aliphatic carboxylic acids is 1. The Balaban J connectivity index is 2.06. The second kappa shape index (κ2) is 9.38. The van der Waals surface area contributed by atoms with Gasteiger partial charge in [0.25, 0.3) is 5.91 Å². The maximum Gasteiger partial charge on any atom is 0.326 e. The molecule has 7 nitrogen and oxygen atoms in total. The summed E-state index contributed by atoms with van der Waals surface area (Å²) in [7, 11) is 0. The number of carboxylic acids is 1. The monoisotopic (exact) mass is 369 g/mol. The van der Waals surface area contributed by atoms with Crippen LogP contribution in [0.4, 0.5) is 10.5 Å². The molecular weight excluding hydrogens is 346 g/mol. The maximum absolute atomic E-state index is 12.5. The van der Waals surface area contributed by atoms with Crippen LogP contribution in [0.3, 0.4) is 0 Å². The number of benzene rings is 2. The number of hydrogen-bond acceptors (Lipinski definition) is 3. The SMILES string of the molecule is CC(C)NC(=O)Nc1cccc(C(=O)N[C@@H](Cc2ccccc2)C(=O)O)c1. The van der Waals surface area contributed by atoms with E-state index in [4.69, 9.17) is 0 Å². The molecule has 2 aromatic carbocycles. The quantitative estimate of drug-likeness (QED) is 0.602. The molecule has 142 valence electrons. The molecule has 0 heterocycles. The molecule has 0 radical (unpaired) electrons. The van der Waals surface area contributed by atoms with Gasteiger partial charge in [-0.05, 0) is 37.6 Å². The Morgan fingerprint density at radius 3 is 2.30 bits per heavy atom. The van der Waals surface area contributed by atoms with Crippen molar-refractivity contribution in [3.8, 4) is 0 Å². The summed E-state index contributed by atoms with van der Waals surface area (Å²) in [6, 6.07) is 13.9. The maximum atomic E-state index is 12.5. The van der Waals surface area contributed by atoms with Gasteiger partial charge in [0.1, 0.15) is 6.04 Å². The van der Waals surface area contributed by atoms with Gasteiger partial charge in [0.05, 0.1) is 0 Å². The lowest BCUT2D eigenvalue weighted by atomic mass is 10.1. The molecule has 0 fully saturated rings. The Hall–Kier alpha value is -3.35. The number of carbonyl (C=O) groups excluding carboxylic acids is 2. The average molecular weight is 369 g/mol. The van der Waals surface area contributed by atoms with E-state index in [-0.39, 0.29) is 24.1 Å². The van der Waals surface area contributed by atoms with Gasteiger partial charge in [-0.15, -0.1) is 0 Å². The van der Waals surface area contributed by atoms with Gasteiger partial charge in [-0.2, -0.15) is 0 Å². The lowest BCUT2D eigenvalue weighted by molar-refractivity contribution is -0.139. The molecule has 0 aromatic heterocycles. The first-order valence-electron chi connectivity index (χ1n) is 8.60. The third-order valence-electron chi connectivity index (χ3n) is 3.69. The van der Waals surface area contributed by atoms with Gasteiger partial charge in [-0.25, -0.2) is 9.59 Å². The normalized spacial score (nSPS) is 11.5. The average Bonchev–Trinajstić information content (AvgIpc) is 2.61. The smallest absolute Gasteiger partial charge is 0.326 e. The van der Waals surface area contributed by atoms with Crippen LogP contribution >= 0.6 is 0 Å². The van der Waals surface area contributed by atoms with E-state index in [1.54, 1.807) is 30.3 Å². The zero-order valence-electron chi connectivity index (χ0n) is 15.2. The van der Waals surface area contributed by atoms with E-state index in [9.17, 15) is 19.5 Å². The molecule has 2 aromatic rings. The minimum absolute atomic E-state index is 0.0224. The number of urea groups is 1. The van der Waals surface area contributed by atoms with Crippen molar-refractivity contribution < 1.29 is 19.5 Å². The molecule has 4 N–H and O–H groups in total. The van der Waals surface area contributed by atoms with Crippen LogP contribution in [0.1, 0.15) is 29.8 Å². The predicted octanol–water partition coefficient (Wildman–Crippen LogP) is 2.64. The minimum Gasteiger partial charge on any atom is -0.480 e. The lowest BCUT2D eigenvalue weighted by Crippen LogP contribution is -2.42. The summed E-state index contributed by atoms with van der Waals surface area (Å²) < 4.78 is 0. The van der Waals surface area contributed by atoms with Crippen molar-refractivity contribution in [2.75, 3.05) is 5.32 Å². The third-order valence-corrected chi connectivity index (χ3v) is 3.69. The summed E-state index contributed by atoms with van der Waals surface area (Å²) >= 11 is 0. The fraction of sp³-hybridized carbons (Fsp3) is 0.250. The minimum atomic E-state index is -1.11. The van der Waals surface area contributed by atoms with Gasteiger partial charge >= 0.3 is 12.0 Å². The number of nitrogens with one attached hydrogen (secondary N) is 3. The zero-order valence-corrected chi connectivity index (χ0v) is 15.2. The number of hydrogen-bond donors (Lipinski definition) is 4. The van der Waals surface area contributed by atoms with Crippen LogP contribution in [0.15, 0.2) is 54.6 Å². The van der Waals surface area contributed by atoms with Gasteiger partial charge in [-0.3, -0.25) is 4.79 Å². The summed E-state index contributed by atoms with van der Waals surface area (Å²) in [6.07, 6.45) is 0.177. The summed E-state index contributed by atoms with van der Waals surface area (Å²) in [4.78, 5) is 35.7. The first-order valence-corrected chi connectivity index (χ1v) is 8.60. The summed E-state index contributed by atoms with van der Waals surface area (Å²) in [5, 5.41) is 17.3. The number of amides is 3. The number of carbonyl (C=O) groups is 3. The van der Waals surface area contributed by atoms with Gasteiger partial charge < -0.3 is 21.1 Å². The van der Waals surface area contributed by atoms with Crippen molar-refractivity contribution in [2.24, 2.45) is 0 Å². The molecule has 27 heavy (non-hydrogen) atoms. The van der Waals surface area contributed by atoms with Crippen LogP contribution < -0.4 is 16.0 Å². The Labute approximate surface area is 157 Å². The second-order valence-electron chi connectivity index (χ2n) is 6.39. The lowest BCUT2D eigenvalue weighted by Gasteiger charge is -2.15. The van der Waals surface area contributed by atoms with E-state index in [0.717, 1.165) is 5.56 Å². The molecule has 0 unspecified atom stereocenters. The van der Waals surface area contributed by atoms with E-state index in [1.165, 1.54) is 6.07 Å². The first-order chi connectivity index (χ1) is 12.8. The molecule has 0 spiro atoms. The van der Waals surface area contributed by atoms with Crippen LogP contribution in [-0.4, -0.2) is 35.1 Å². The highest BCUT2D eigenvalue weighted by atomic mass is 16.4. The van der Waals surface area contributed by atoms with Crippen LogP contribution in [-0.2, 0) is 11.2 Å². The van der Waals surface area contributed by atoms with Gasteiger partial charge in [-0.1, -0.05) is 36.4 Å². The second-order valence-corrected chi connectivity index (χ2v) is 6.39. The van der Waals surface area contributed by atoms with E-state index in [1.807, 2.05) is 32.0 Å². The molecule has 0 aliphatic rings. The highest BCUT2D eigenvalue weighted by Gasteiger charge is 2.21. The zero-order chi connectivity index (χ0) is 19.8. The number of carboxylic acid groups (broad SMARTS) is 1. The molecule has 2 rings (SSSR count). The highest BCUT2D eigenvalue weighted by Crippen LogP contribution is 2.12. The third kappa shape index (κ3) is 6.47. The van der Waals surface area contributed by atoms with Crippen molar-refractivity contribution >= 4 is 23.6 Å². The van der Waals surface area contributed by atoms with Crippen LogP contribution in [0.2, 0.25) is 0 Å². The Morgan fingerprint density at radius 1 is 0.963 bits per heavy atom. The van der Waals surface area contributed by atoms with E-state index in [0.29, 0.717) is 5.69 Å². The standard InChI is InChI=1S/C20H23N3O4/c1-13(2)21-20(27)22-16-10-6-9-15(12-16)18(24)23-17(19(25)26)11-14-7-4-3-5-8-14/h3-10,12-13,17H,11H2,1-2H3,(H,23,24)(H,25,26)(H2,21,22,27)/t17-/m0/s1. The van der Waals surface area contributed by atoms with E-state index >= 15 is 0 Å². The molecule has 0 saturated heterocycles. The van der Waals surface area contributed by atoms with Gasteiger partial charge in [0.2, 0.25) is 0 Å². The molecule has 7 heteroatoms. The topological polar surface area (TPSA) is 108 Å². The van der Waals surface area contributed by atoms with Crippen LogP contribution in [0, 0.1) is 0 Å². The molecule has 3 amide bonds. The van der Waals surface area contributed by atoms with Crippen LogP contribution in [0.25, 0.3) is 0 Å². The molecular formula is C20H23N3O4. The van der Waals surface area contributed by atoms with Crippen molar-refractivity contribution in [3.05, 3.63) is 65.7 Å². The van der Waals surface area contributed by atoms with Gasteiger partial charge in [0, 0.05) is 23.7 Å². The van der Waals surface area contributed by atoms with Gasteiger partial charge in [0.15, 0.2) is 0 Å². The highest BCUT2D eigenvalue weighted by molar-refractivity contribution is 5.98. The Bertz CT molecular complexity index is 806. The largest absolute Gasteiger partial charge is 0.480 e. The Kier molecular flexibility index (Phi) is 6.93. The number of rotatable bonds is 7. The van der Waals surface area contributed by atoms with Crippen molar-refractivity contribution in [2.45, 2.75) is 32.4 Å². The predicted molar refractivity (Wildman–Crippen MR) is 103 cm³/mol. The van der Waals surface area contributed by atoms with E-state index in [2.05, 4.69) is 16.0 Å². The van der Waals surface area contributed by atoms with Crippen molar-refractivity contribution in [1.82, 2.24) is 10.6 Å².